The SMILES string of the molecule is Oc1c([C@@H](c2ccccc2)N2CCN(c3ccccc3)CC2)ccc2cccnc12. The number of nitrogens with zero attached hydrogens (tertiary/aromatic N) is 3. The third-order valence-electron chi connectivity index (χ3n) is 5.99. The highest BCUT2D eigenvalue weighted by molar-refractivity contribution is 5.85. The van der Waals surface area contributed by atoms with Crippen LogP contribution in [0.4, 0.5) is 5.69 Å². The molecule has 4 nitrogen and oxygen atoms in total. The Kier molecular flexibility index (Phi) is 5.08. The van der Waals surface area contributed by atoms with E-state index in [0.717, 1.165) is 37.1 Å². The highest BCUT2D eigenvalue weighted by atomic mass is 16.3. The highest BCUT2D eigenvalue weighted by Gasteiger charge is 2.29. The molecule has 2 heterocycles. The predicted molar refractivity (Wildman–Crippen MR) is 122 cm³/mol. The lowest BCUT2D eigenvalue weighted by Gasteiger charge is -2.40. The highest BCUT2D eigenvalue weighted by Crippen LogP contribution is 2.38. The molecule has 0 amide bonds. The Hall–Kier alpha value is -3.37. The van der Waals surface area contributed by atoms with Crippen molar-refractivity contribution in [2.45, 2.75) is 6.04 Å². The Morgan fingerprint density at radius 3 is 2.17 bits per heavy atom. The number of piperazine rings is 1. The van der Waals surface area contributed by atoms with Crippen LogP contribution in [0.1, 0.15) is 17.2 Å². The van der Waals surface area contributed by atoms with E-state index < -0.39 is 0 Å². The molecular weight excluding hydrogens is 370 g/mol. The Morgan fingerprint density at radius 2 is 1.43 bits per heavy atom. The van der Waals surface area contributed by atoms with Crippen molar-refractivity contribution in [2.24, 2.45) is 0 Å². The van der Waals surface area contributed by atoms with Crippen LogP contribution in [0.5, 0.6) is 5.75 Å². The molecule has 1 atom stereocenters. The molecule has 0 unspecified atom stereocenters. The number of fused-ring (bicyclic) bond motifs is 1. The number of benzene rings is 3. The van der Waals surface area contributed by atoms with E-state index in [1.165, 1.54) is 11.3 Å². The zero-order valence-electron chi connectivity index (χ0n) is 16.9. The second-order valence-corrected chi connectivity index (χ2v) is 7.75. The van der Waals surface area contributed by atoms with Crippen molar-refractivity contribution >= 4 is 16.6 Å². The summed E-state index contributed by atoms with van der Waals surface area (Å²) in [7, 11) is 0. The van der Waals surface area contributed by atoms with Crippen LogP contribution in [-0.2, 0) is 0 Å². The van der Waals surface area contributed by atoms with Gasteiger partial charge in [-0.2, -0.15) is 0 Å². The van der Waals surface area contributed by atoms with E-state index in [9.17, 15) is 5.11 Å². The first-order chi connectivity index (χ1) is 14.8. The van der Waals surface area contributed by atoms with Crippen LogP contribution in [0, 0.1) is 0 Å². The molecule has 1 aliphatic rings. The monoisotopic (exact) mass is 395 g/mol. The van der Waals surface area contributed by atoms with Crippen LogP contribution in [0.3, 0.4) is 0 Å². The van der Waals surface area contributed by atoms with E-state index in [1.54, 1.807) is 6.20 Å². The van der Waals surface area contributed by atoms with E-state index in [4.69, 9.17) is 0 Å². The number of hydrogen-bond donors (Lipinski definition) is 1. The first-order valence-electron chi connectivity index (χ1n) is 10.5. The molecule has 4 aromatic rings. The van der Waals surface area contributed by atoms with E-state index in [-0.39, 0.29) is 11.8 Å². The molecule has 1 aliphatic heterocycles. The van der Waals surface area contributed by atoms with Crippen molar-refractivity contribution in [1.82, 2.24) is 9.88 Å². The van der Waals surface area contributed by atoms with Gasteiger partial charge in [-0.3, -0.25) is 9.88 Å². The third-order valence-corrected chi connectivity index (χ3v) is 5.99. The first-order valence-corrected chi connectivity index (χ1v) is 10.5. The fraction of sp³-hybridized carbons (Fsp3) is 0.192. The fourth-order valence-corrected chi connectivity index (χ4v) is 4.47. The van der Waals surface area contributed by atoms with Gasteiger partial charge in [0.2, 0.25) is 0 Å². The minimum atomic E-state index is -0.00414. The molecule has 0 bridgehead atoms. The van der Waals surface area contributed by atoms with Crippen LogP contribution in [-0.4, -0.2) is 41.2 Å². The van der Waals surface area contributed by atoms with Crippen LogP contribution < -0.4 is 4.90 Å². The molecule has 1 aromatic heterocycles. The van der Waals surface area contributed by atoms with E-state index in [2.05, 4.69) is 81.5 Å². The average Bonchev–Trinajstić information content (AvgIpc) is 2.83. The Morgan fingerprint density at radius 1 is 0.733 bits per heavy atom. The van der Waals surface area contributed by atoms with Gasteiger partial charge < -0.3 is 10.0 Å². The lowest BCUT2D eigenvalue weighted by Crippen LogP contribution is -2.48. The maximum Gasteiger partial charge on any atom is 0.146 e. The fourth-order valence-electron chi connectivity index (χ4n) is 4.47. The van der Waals surface area contributed by atoms with Gasteiger partial charge >= 0.3 is 0 Å². The van der Waals surface area contributed by atoms with Crippen LogP contribution in [0.25, 0.3) is 10.9 Å². The standard InChI is InChI=1S/C26H25N3O/c30-26-23(14-13-20-10-7-15-27-24(20)26)25(21-8-3-1-4-9-21)29-18-16-28(17-19-29)22-11-5-2-6-12-22/h1-15,25,30H,16-19H2/t25-/m1/s1. The summed E-state index contributed by atoms with van der Waals surface area (Å²) in [6.07, 6.45) is 1.74. The third kappa shape index (κ3) is 3.51. The Labute approximate surface area is 177 Å². The lowest BCUT2D eigenvalue weighted by atomic mass is 9.94. The van der Waals surface area contributed by atoms with Crippen LogP contribution in [0.2, 0.25) is 0 Å². The molecule has 0 radical (unpaired) electrons. The molecule has 1 saturated heterocycles. The van der Waals surface area contributed by atoms with E-state index in [1.807, 2.05) is 18.2 Å². The maximum atomic E-state index is 11.1. The molecule has 0 saturated carbocycles. The number of para-hydroxylation sites is 1. The number of aromatic hydroxyl groups is 1. The Balaban J connectivity index is 1.49. The second kappa shape index (κ2) is 8.17. The summed E-state index contributed by atoms with van der Waals surface area (Å²) in [5.41, 5.74) is 4.04. The Bertz CT molecular complexity index is 1120. The summed E-state index contributed by atoms with van der Waals surface area (Å²) >= 11 is 0. The zero-order valence-corrected chi connectivity index (χ0v) is 16.9. The van der Waals surface area contributed by atoms with Crippen molar-refractivity contribution in [3.63, 3.8) is 0 Å². The summed E-state index contributed by atoms with van der Waals surface area (Å²) < 4.78 is 0. The minimum absolute atomic E-state index is 0.00414. The molecular formula is C26H25N3O. The molecule has 0 aliphatic carbocycles. The lowest BCUT2D eigenvalue weighted by molar-refractivity contribution is 0.209. The summed E-state index contributed by atoms with van der Waals surface area (Å²) in [5, 5.41) is 12.1. The van der Waals surface area contributed by atoms with Gasteiger partial charge in [0.15, 0.2) is 0 Å². The summed E-state index contributed by atoms with van der Waals surface area (Å²) in [6.45, 7) is 3.77. The van der Waals surface area contributed by atoms with Crippen molar-refractivity contribution in [2.75, 3.05) is 31.1 Å². The first kappa shape index (κ1) is 18.6. The van der Waals surface area contributed by atoms with Gasteiger partial charge in [-0.15, -0.1) is 0 Å². The van der Waals surface area contributed by atoms with Gasteiger partial charge in [0, 0.05) is 49.0 Å². The van der Waals surface area contributed by atoms with Crippen molar-refractivity contribution in [3.05, 3.63) is 102 Å². The smallest absolute Gasteiger partial charge is 0.146 e. The van der Waals surface area contributed by atoms with Crippen molar-refractivity contribution in [3.8, 4) is 5.75 Å². The summed E-state index contributed by atoms with van der Waals surface area (Å²) in [4.78, 5) is 9.34. The van der Waals surface area contributed by atoms with Gasteiger partial charge in [0.05, 0.1) is 6.04 Å². The summed E-state index contributed by atoms with van der Waals surface area (Å²) in [5.74, 6) is 0.285. The van der Waals surface area contributed by atoms with Crippen molar-refractivity contribution < 1.29 is 5.11 Å². The normalized spacial score (nSPS) is 15.9. The molecule has 4 heteroatoms. The number of phenolic OH excluding ortho intramolecular Hbond substituents is 1. The van der Waals surface area contributed by atoms with E-state index >= 15 is 0 Å². The minimum Gasteiger partial charge on any atom is -0.505 e. The number of hydrogen-bond acceptors (Lipinski definition) is 4. The number of aromatic nitrogens is 1. The number of anilines is 1. The molecule has 0 spiro atoms. The number of pyridine rings is 1. The molecule has 150 valence electrons. The van der Waals surface area contributed by atoms with Gasteiger partial charge in [0.1, 0.15) is 11.3 Å². The topological polar surface area (TPSA) is 39.6 Å². The second-order valence-electron chi connectivity index (χ2n) is 7.75. The van der Waals surface area contributed by atoms with Crippen LogP contribution >= 0.6 is 0 Å². The zero-order chi connectivity index (χ0) is 20.3. The molecule has 1 N–H and O–H groups in total. The predicted octanol–water partition coefficient (Wildman–Crippen LogP) is 4.85. The van der Waals surface area contributed by atoms with Gasteiger partial charge in [-0.25, -0.2) is 0 Å². The number of phenols is 1. The quantitative estimate of drug-likeness (QED) is 0.536. The largest absolute Gasteiger partial charge is 0.505 e. The molecule has 1 fully saturated rings. The molecule has 30 heavy (non-hydrogen) atoms. The average molecular weight is 396 g/mol. The summed E-state index contributed by atoms with van der Waals surface area (Å²) in [6, 6.07) is 29.1. The van der Waals surface area contributed by atoms with E-state index in [0.29, 0.717) is 5.52 Å². The van der Waals surface area contributed by atoms with Gasteiger partial charge in [-0.1, -0.05) is 66.7 Å². The molecule has 5 rings (SSSR count). The van der Waals surface area contributed by atoms with Crippen molar-refractivity contribution in [1.29, 1.82) is 0 Å². The van der Waals surface area contributed by atoms with Crippen LogP contribution in [0.15, 0.2) is 91.1 Å². The molecule has 3 aromatic carbocycles. The maximum absolute atomic E-state index is 11.1. The van der Waals surface area contributed by atoms with Gasteiger partial charge in [-0.05, 0) is 23.8 Å². The van der Waals surface area contributed by atoms with Gasteiger partial charge in [0.25, 0.3) is 0 Å². The number of rotatable bonds is 4.